The molecule has 0 saturated carbocycles. The van der Waals surface area contributed by atoms with Gasteiger partial charge in [0, 0.05) is 29.6 Å². The zero-order valence-corrected chi connectivity index (χ0v) is 25.8. The van der Waals surface area contributed by atoms with Gasteiger partial charge in [-0.05, 0) is 74.4 Å². The highest BCUT2D eigenvalue weighted by Gasteiger charge is 2.21. The molecule has 0 spiro atoms. The van der Waals surface area contributed by atoms with E-state index in [0.29, 0.717) is 40.3 Å². The maximum absolute atomic E-state index is 13.5. The number of ether oxygens (including phenoxy) is 2. The predicted octanol–water partition coefficient (Wildman–Crippen LogP) is 5.59. The molecule has 45 heavy (non-hydrogen) atoms. The number of pyridine rings is 1. The van der Waals surface area contributed by atoms with E-state index in [-0.39, 0.29) is 43.4 Å². The molecule has 4 aromatic rings. The Labute approximate surface area is 262 Å². The van der Waals surface area contributed by atoms with Crippen LogP contribution in [-0.4, -0.2) is 58.0 Å². The highest BCUT2D eigenvalue weighted by Crippen LogP contribution is 2.20. The molecule has 2 amide bonds. The van der Waals surface area contributed by atoms with E-state index < -0.39 is 6.09 Å². The van der Waals surface area contributed by atoms with Gasteiger partial charge in [-0.3, -0.25) is 14.5 Å². The maximum atomic E-state index is 13.5. The van der Waals surface area contributed by atoms with Crippen LogP contribution in [0.5, 0.6) is 0 Å². The van der Waals surface area contributed by atoms with Crippen molar-refractivity contribution < 1.29 is 23.9 Å². The largest absolute Gasteiger partial charge is 0.466 e. The van der Waals surface area contributed by atoms with Gasteiger partial charge in [-0.1, -0.05) is 26.3 Å². The van der Waals surface area contributed by atoms with Crippen LogP contribution in [0.25, 0.3) is 11.0 Å². The van der Waals surface area contributed by atoms with Crippen molar-refractivity contribution in [1.29, 1.82) is 0 Å². The number of esters is 1. The SMILES string of the molecule is CCCC(CC)OC(=O)N=C(N)c1ccc(NCc2nc3ccc(C(=O)N(CCC(=O)OCC)c4ccccn4)cc3[nH]2)cc1. The second kappa shape index (κ2) is 16.0. The van der Waals surface area contributed by atoms with E-state index in [4.69, 9.17) is 15.2 Å². The molecule has 1 unspecified atom stereocenters. The molecule has 0 aliphatic carbocycles. The maximum Gasteiger partial charge on any atom is 0.435 e. The van der Waals surface area contributed by atoms with Gasteiger partial charge in [-0.2, -0.15) is 4.99 Å². The molecular formula is C33H39N7O5. The van der Waals surface area contributed by atoms with Crippen LogP contribution in [0, 0.1) is 0 Å². The molecule has 0 aliphatic rings. The number of aromatic amines is 1. The number of H-pyrrole nitrogens is 1. The van der Waals surface area contributed by atoms with E-state index >= 15 is 0 Å². The number of carbonyl (C=O) groups is 3. The number of amidine groups is 1. The van der Waals surface area contributed by atoms with E-state index in [0.717, 1.165) is 24.9 Å². The van der Waals surface area contributed by atoms with Crippen molar-refractivity contribution in [3.05, 3.63) is 83.8 Å². The minimum atomic E-state index is -0.689. The zero-order valence-electron chi connectivity index (χ0n) is 25.8. The molecule has 236 valence electrons. The molecule has 0 fully saturated rings. The fourth-order valence-electron chi connectivity index (χ4n) is 4.65. The Morgan fingerprint density at radius 1 is 1.04 bits per heavy atom. The lowest BCUT2D eigenvalue weighted by Crippen LogP contribution is -2.34. The Kier molecular flexibility index (Phi) is 11.6. The molecule has 1 atom stereocenters. The van der Waals surface area contributed by atoms with Crippen LogP contribution >= 0.6 is 0 Å². The summed E-state index contributed by atoms with van der Waals surface area (Å²) in [6, 6.07) is 17.7. The van der Waals surface area contributed by atoms with Crippen molar-refractivity contribution in [2.24, 2.45) is 10.7 Å². The summed E-state index contributed by atoms with van der Waals surface area (Å²) in [5.74, 6) is 0.521. The van der Waals surface area contributed by atoms with Crippen LogP contribution in [0.1, 0.15) is 68.2 Å². The van der Waals surface area contributed by atoms with E-state index in [1.165, 1.54) is 4.90 Å². The van der Waals surface area contributed by atoms with Crippen molar-refractivity contribution in [1.82, 2.24) is 15.0 Å². The van der Waals surface area contributed by atoms with Crippen LogP contribution in [0.2, 0.25) is 0 Å². The third kappa shape index (κ3) is 9.12. The number of aromatic nitrogens is 3. The number of nitrogens with zero attached hydrogens (tertiary/aromatic N) is 4. The number of anilines is 2. The molecule has 12 nitrogen and oxygen atoms in total. The Balaban J connectivity index is 1.40. The van der Waals surface area contributed by atoms with Gasteiger partial charge >= 0.3 is 12.1 Å². The van der Waals surface area contributed by atoms with Crippen molar-refractivity contribution in [2.45, 2.75) is 59.1 Å². The van der Waals surface area contributed by atoms with Crippen molar-refractivity contribution >= 4 is 46.3 Å². The number of nitrogens with two attached hydrogens (primary N) is 1. The molecular weight excluding hydrogens is 574 g/mol. The minimum Gasteiger partial charge on any atom is -0.466 e. The number of rotatable bonds is 14. The molecule has 0 radical (unpaired) electrons. The standard InChI is InChI=1S/C33H39N7O5/c1-4-9-25(5-2)45-33(43)39-31(34)22-11-14-24(15-12-22)36-21-28-37-26-16-13-23(20-27(26)38-28)32(42)40(19-17-30(41)44-6-3)29-10-7-8-18-35-29/h7-8,10-16,18,20,25,36H,4-6,9,17,19,21H2,1-3H3,(H,37,38)(H2,34,39,43). The lowest BCUT2D eigenvalue weighted by molar-refractivity contribution is -0.142. The molecule has 2 heterocycles. The number of aliphatic imine (C=N–C) groups is 1. The summed E-state index contributed by atoms with van der Waals surface area (Å²) < 4.78 is 10.4. The van der Waals surface area contributed by atoms with E-state index in [2.05, 4.69) is 25.3 Å². The van der Waals surface area contributed by atoms with Gasteiger partial charge in [0.25, 0.3) is 5.91 Å². The molecule has 2 aromatic heterocycles. The second-order valence-corrected chi connectivity index (χ2v) is 10.2. The quantitative estimate of drug-likeness (QED) is 0.0934. The molecule has 4 N–H and O–H groups in total. The van der Waals surface area contributed by atoms with Crippen molar-refractivity contribution in [2.75, 3.05) is 23.4 Å². The second-order valence-electron chi connectivity index (χ2n) is 10.2. The van der Waals surface area contributed by atoms with E-state index in [1.54, 1.807) is 61.7 Å². The molecule has 12 heteroatoms. The van der Waals surface area contributed by atoms with E-state index in [1.807, 2.05) is 26.0 Å². The summed E-state index contributed by atoms with van der Waals surface area (Å²) in [7, 11) is 0. The van der Waals surface area contributed by atoms with Crippen molar-refractivity contribution in [3.63, 3.8) is 0 Å². The Hall–Kier alpha value is -5.26. The normalized spacial score (nSPS) is 12.0. The average Bonchev–Trinajstić information content (AvgIpc) is 3.46. The number of hydrogen-bond donors (Lipinski definition) is 3. The molecule has 4 rings (SSSR count). The first-order chi connectivity index (χ1) is 21.8. The van der Waals surface area contributed by atoms with Gasteiger partial charge < -0.3 is 25.5 Å². The number of fused-ring (bicyclic) bond motifs is 1. The zero-order chi connectivity index (χ0) is 32.2. The summed E-state index contributed by atoms with van der Waals surface area (Å²) >= 11 is 0. The topological polar surface area (TPSA) is 165 Å². The third-order valence-electron chi connectivity index (χ3n) is 6.98. The summed E-state index contributed by atoms with van der Waals surface area (Å²) in [5, 5.41) is 3.30. The number of benzene rings is 2. The van der Waals surface area contributed by atoms with Crippen LogP contribution in [-0.2, 0) is 20.8 Å². The summed E-state index contributed by atoms with van der Waals surface area (Å²) in [5.41, 5.74) is 9.27. The highest BCUT2D eigenvalue weighted by atomic mass is 16.6. The Morgan fingerprint density at radius 2 is 1.82 bits per heavy atom. The summed E-state index contributed by atoms with van der Waals surface area (Å²) in [4.78, 5) is 55.2. The van der Waals surface area contributed by atoms with Crippen LogP contribution in [0.3, 0.4) is 0 Å². The lowest BCUT2D eigenvalue weighted by Gasteiger charge is -2.21. The van der Waals surface area contributed by atoms with Gasteiger partial charge in [-0.25, -0.2) is 14.8 Å². The Bertz CT molecular complexity index is 1620. The van der Waals surface area contributed by atoms with Gasteiger partial charge in [0.15, 0.2) is 0 Å². The fourth-order valence-corrected chi connectivity index (χ4v) is 4.65. The average molecular weight is 614 g/mol. The van der Waals surface area contributed by atoms with E-state index in [9.17, 15) is 14.4 Å². The fraction of sp³-hybridized carbons (Fsp3) is 0.333. The number of amides is 2. The van der Waals surface area contributed by atoms with Gasteiger partial charge in [0.1, 0.15) is 23.6 Å². The number of hydrogen-bond acceptors (Lipinski definition) is 8. The monoisotopic (exact) mass is 613 g/mol. The molecule has 0 bridgehead atoms. The number of imidazole rings is 1. The number of nitrogens with one attached hydrogen (secondary N) is 2. The van der Waals surface area contributed by atoms with Gasteiger partial charge in [0.05, 0.1) is 30.6 Å². The number of carbonyl (C=O) groups excluding carboxylic acids is 3. The van der Waals surface area contributed by atoms with Crippen molar-refractivity contribution in [3.8, 4) is 0 Å². The molecule has 0 saturated heterocycles. The predicted molar refractivity (Wildman–Crippen MR) is 173 cm³/mol. The van der Waals surface area contributed by atoms with Gasteiger partial charge in [0.2, 0.25) is 0 Å². The van der Waals surface area contributed by atoms with Crippen LogP contribution < -0.4 is 16.0 Å². The first-order valence-electron chi connectivity index (χ1n) is 15.1. The summed E-state index contributed by atoms with van der Waals surface area (Å²) in [6.45, 7) is 6.53. The first kappa shape index (κ1) is 32.6. The van der Waals surface area contributed by atoms with Crippen LogP contribution in [0.15, 0.2) is 71.9 Å². The van der Waals surface area contributed by atoms with Crippen LogP contribution in [0.4, 0.5) is 16.3 Å². The Morgan fingerprint density at radius 3 is 2.51 bits per heavy atom. The molecule has 0 aliphatic heterocycles. The lowest BCUT2D eigenvalue weighted by atomic mass is 10.1. The third-order valence-corrected chi connectivity index (χ3v) is 6.98. The summed E-state index contributed by atoms with van der Waals surface area (Å²) in [6.07, 6.45) is 3.21. The van der Waals surface area contributed by atoms with Gasteiger partial charge in [-0.15, -0.1) is 0 Å². The molecule has 2 aromatic carbocycles. The minimum absolute atomic E-state index is 0.0452. The first-order valence-corrected chi connectivity index (χ1v) is 15.1. The highest BCUT2D eigenvalue weighted by molar-refractivity contribution is 6.07. The smallest absolute Gasteiger partial charge is 0.435 e.